The highest BCUT2D eigenvalue weighted by Crippen LogP contribution is 2.74. The molecule has 9 nitrogen and oxygen atoms in total. The van der Waals surface area contributed by atoms with Crippen molar-refractivity contribution in [3.05, 3.63) is 69.5 Å². The number of allylic oxidation sites excluding steroid dienone is 2. The summed E-state index contributed by atoms with van der Waals surface area (Å²) in [6.07, 6.45) is 3.87. The van der Waals surface area contributed by atoms with Gasteiger partial charge in [-0.05, 0) is 30.4 Å². The van der Waals surface area contributed by atoms with Crippen molar-refractivity contribution < 1.29 is 39.2 Å². The summed E-state index contributed by atoms with van der Waals surface area (Å²) in [5, 5.41) is 35.4. The molecule has 4 N–H and O–H groups in total. The van der Waals surface area contributed by atoms with Crippen molar-refractivity contribution in [2.75, 3.05) is 12.4 Å². The molecule has 2 aliphatic heterocycles. The Bertz CT molecular complexity index is 1790. The molecule has 2 heterocycles. The third kappa shape index (κ3) is 2.44. The Labute approximate surface area is 221 Å². The number of fused-ring (bicyclic) bond motifs is 4. The van der Waals surface area contributed by atoms with E-state index in [4.69, 9.17) is 9.47 Å². The third-order valence-corrected chi connectivity index (χ3v) is 8.48. The maximum atomic E-state index is 13.9. The van der Waals surface area contributed by atoms with Gasteiger partial charge >= 0.3 is 0 Å². The molecule has 9 heteroatoms. The first-order valence-corrected chi connectivity index (χ1v) is 12.2. The van der Waals surface area contributed by atoms with Crippen molar-refractivity contribution >= 4 is 23.5 Å². The van der Waals surface area contributed by atoms with Crippen LogP contribution in [0.5, 0.6) is 17.2 Å². The lowest BCUT2D eigenvalue weighted by Gasteiger charge is -2.43. The Hall–Kier alpha value is -4.99. The summed E-state index contributed by atoms with van der Waals surface area (Å²) in [6.45, 7) is 1.82. The van der Waals surface area contributed by atoms with E-state index in [-0.39, 0.29) is 27.9 Å². The number of carbonyl (C=O) groups excluding carboxylic acids is 3. The van der Waals surface area contributed by atoms with Crippen LogP contribution in [-0.2, 0) is 19.9 Å². The molecule has 0 spiro atoms. The second-order valence-corrected chi connectivity index (χ2v) is 10.00. The van der Waals surface area contributed by atoms with Crippen LogP contribution in [0.4, 0.5) is 5.69 Å². The van der Waals surface area contributed by atoms with E-state index in [1.165, 1.54) is 13.2 Å². The minimum atomic E-state index is -1.29. The molecule has 1 unspecified atom stereocenters. The normalized spacial score (nSPS) is 31.0. The van der Waals surface area contributed by atoms with Crippen LogP contribution in [0.2, 0.25) is 0 Å². The third-order valence-electron chi connectivity index (χ3n) is 8.48. The highest BCUT2D eigenvalue weighted by molar-refractivity contribution is 6.33. The number of phenols is 3. The highest BCUT2D eigenvalue weighted by atomic mass is 16.6. The topological polar surface area (TPSA) is 146 Å². The molecular weight excluding hydrogens is 502 g/mol. The van der Waals surface area contributed by atoms with E-state index in [0.29, 0.717) is 16.9 Å². The number of hydrogen-bond donors (Lipinski definition) is 4. The molecule has 1 fully saturated rings. The van der Waals surface area contributed by atoms with Crippen molar-refractivity contribution in [1.82, 2.24) is 0 Å². The number of ketones is 2. The lowest BCUT2D eigenvalue weighted by Crippen LogP contribution is -2.55. The van der Waals surface area contributed by atoms with Crippen LogP contribution in [-0.4, -0.2) is 51.9 Å². The summed E-state index contributed by atoms with van der Waals surface area (Å²) in [4.78, 5) is 39.7. The summed E-state index contributed by atoms with van der Waals surface area (Å²) in [5.41, 5.74) is -2.75. The van der Waals surface area contributed by atoms with E-state index in [1.807, 2.05) is 6.92 Å². The number of methoxy groups -OCH3 is 1. The van der Waals surface area contributed by atoms with Gasteiger partial charge in [0.1, 0.15) is 52.5 Å². The van der Waals surface area contributed by atoms with E-state index in [1.54, 1.807) is 12.2 Å². The van der Waals surface area contributed by atoms with Crippen LogP contribution in [0.1, 0.15) is 44.3 Å². The molecule has 2 aromatic rings. The largest absolute Gasteiger partial charge is 0.507 e. The molecule has 0 amide bonds. The van der Waals surface area contributed by atoms with Crippen molar-refractivity contribution in [3.8, 4) is 40.9 Å². The first-order chi connectivity index (χ1) is 18.7. The van der Waals surface area contributed by atoms with Crippen molar-refractivity contribution in [3.63, 3.8) is 0 Å². The van der Waals surface area contributed by atoms with E-state index in [9.17, 15) is 29.7 Å². The summed E-state index contributed by atoms with van der Waals surface area (Å²) in [7, 11) is 1.44. The monoisotopic (exact) mass is 521 g/mol. The minimum Gasteiger partial charge on any atom is -0.507 e. The van der Waals surface area contributed by atoms with Crippen molar-refractivity contribution in [2.24, 2.45) is 11.8 Å². The molecule has 5 aliphatic rings. The summed E-state index contributed by atoms with van der Waals surface area (Å²) < 4.78 is 12.3. The zero-order chi connectivity index (χ0) is 27.4. The Morgan fingerprint density at radius 2 is 1.59 bits per heavy atom. The Kier molecular flexibility index (Phi) is 4.34. The fourth-order valence-electron chi connectivity index (χ4n) is 6.84. The zero-order valence-electron chi connectivity index (χ0n) is 20.6. The molecule has 39 heavy (non-hydrogen) atoms. The van der Waals surface area contributed by atoms with Gasteiger partial charge in [0.2, 0.25) is 11.6 Å². The van der Waals surface area contributed by atoms with Crippen LogP contribution in [0.15, 0.2) is 41.7 Å². The number of nitrogens with one attached hydrogen (secondary N) is 1. The molecule has 0 saturated carbocycles. The predicted octanol–water partition coefficient (Wildman–Crippen LogP) is 2.28. The summed E-state index contributed by atoms with van der Waals surface area (Å²) >= 11 is 0. The maximum Gasteiger partial charge on any atom is 0.202 e. The second-order valence-electron chi connectivity index (χ2n) is 10.00. The standard InChI is InChI=1S/C30H19NO8/c1-13-14(12-32)28(38-2)15-7-5-3-4-6-8-20-29(13)30(15,39-29)16-11-19(35)23-24(25(16)31-20)27(37)22-18(34)10-9-17(33)21(22)26(23)36/h3-4,9-13,15,20,31,33-35H,1-2H3/b4-3-/t13-,15?,20-,29-,30+/m0/s1. The number of rotatable bonds is 2. The number of anilines is 1. The van der Waals surface area contributed by atoms with Gasteiger partial charge in [-0.25, -0.2) is 0 Å². The smallest absolute Gasteiger partial charge is 0.202 e. The van der Waals surface area contributed by atoms with Crippen LogP contribution in [0.25, 0.3) is 0 Å². The van der Waals surface area contributed by atoms with Gasteiger partial charge in [0.15, 0.2) is 0 Å². The van der Waals surface area contributed by atoms with Crippen molar-refractivity contribution in [1.29, 1.82) is 0 Å². The molecule has 2 aromatic carbocycles. The Balaban J connectivity index is 1.59. The van der Waals surface area contributed by atoms with E-state index >= 15 is 0 Å². The van der Waals surface area contributed by atoms with E-state index in [0.717, 1.165) is 18.4 Å². The van der Waals surface area contributed by atoms with Gasteiger partial charge in [-0.3, -0.25) is 14.4 Å². The van der Waals surface area contributed by atoms with Gasteiger partial charge < -0.3 is 30.1 Å². The summed E-state index contributed by atoms with van der Waals surface area (Å²) in [6, 6.07) is 2.82. The molecule has 0 aromatic heterocycles. The Morgan fingerprint density at radius 3 is 2.23 bits per heavy atom. The average molecular weight is 521 g/mol. The van der Waals surface area contributed by atoms with Gasteiger partial charge in [-0.15, -0.1) is 0 Å². The Morgan fingerprint density at radius 1 is 0.974 bits per heavy atom. The first kappa shape index (κ1) is 23.2. The maximum absolute atomic E-state index is 13.9. The lowest BCUT2D eigenvalue weighted by molar-refractivity contribution is -0.106. The number of hydrogen-bond acceptors (Lipinski definition) is 9. The molecular formula is C30H19NO8. The molecule has 1 saturated heterocycles. The fourth-order valence-corrected chi connectivity index (χ4v) is 6.84. The predicted molar refractivity (Wildman–Crippen MR) is 135 cm³/mol. The molecule has 5 atom stereocenters. The molecule has 192 valence electrons. The van der Waals surface area contributed by atoms with Crippen molar-refractivity contribution in [2.45, 2.75) is 24.2 Å². The quantitative estimate of drug-likeness (QED) is 0.173. The molecule has 4 bridgehead atoms. The van der Waals surface area contributed by atoms with Gasteiger partial charge in [0.25, 0.3) is 0 Å². The number of carbonyl (C=O) groups is 3. The van der Waals surface area contributed by atoms with Gasteiger partial charge in [-0.1, -0.05) is 30.6 Å². The SMILES string of the molecule is COC1=C(C=O)[C@H](C)[C@@]23O[C@]24c2cc(O)c5c(c2N[C@H]3C#C/C=C\C#CC14)C(=O)c1c(O)ccc(O)c1C5=O. The number of benzene rings is 2. The lowest BCUT2D eigenvalue weighted by atomic mass is 9.59. The number of ether oxygens (including phenoxy) is 2. The highest BCUT2D eigenvalue weighted by Gasteiger charge is 2.84. The molecule has 7 rings (SSSR count). The van der Waals surface area contributed by atoms with E-state index in [2.05, 4.69) is 29.0 Å². The number of phenolic OH excluding ortho intramolecular Hbond substituents is 3. The number of epoxide rings is 1. The van der Waals surface area contributed by atoms with E-state index < -0.39 is 57.9 Å². The fraction of sp³-hybridized carbons (Fsp3) is 0.233. The van der Waals surface area contributed by atoms with Crippen LogP contribution < -0.4 is 5.32 Å². The first-order valence-electron chi connectivity index (χ1n) is 12.2. The molecule has 0 radical (unpaired) electrons. The van der Waals surface area contributed by atoms with Crippen LogP contribution in [0.3, 0.4) is 0 Å². The number of aldehydes is 1. The van der Waals surface area contributed by atoms with Gasteiger partial charge in [-0.2, -0.15) is 0 Å². The van der Waals surface area contributed by atoms with Crippen LogP contribution in [0, 0.1) is 35.5 Å². The zero-order valence-corrected chi connectivity index (χ0v) is 20.6. The minimum absolute atomic E-state index is 0.176. The number of aromatic hydroxyl groups is 3. The summed E-state index contributed by atoms with van der Waals surface area (Å²) in [5.74, 6) is 8.00. The average Bonchev–Trinajstić information content (AvgIpc) is 3.64. The van der Waals surface area contributed by atoms with Crippen LogP contribution >= 0.6 is 0 Å². The van der Waals surface area contributed by atoms with Gasteiger partial charge in [0, 0.05) is 17.1 Å². The van der Waals surface area contributed by atoms with Gasteiger partial charge in [0.05, 0.1) is 35.1 Å². The second kappa shape index (κ2) is 7.31. The molecule has 3 aliphatic carbocycles.